The molecule has 0 aromatic heterocycles. The molecule has 5 rings (SSSR count). The molecule has 0 spiro atoms. The van der Waals surface area contributed by atoms with Crippen LogP contribution in [-0.4, -0.2) is 35.6 Å². The molecule has 5 heteroatoms. The van der Waals surface area contributed by atoms with E-state index in [0.717, 1.165) is 16.7 Å². The Labute approximate surface area is 188 Å². The zero-order chi connectivity index (χ0) is 22.2. The summed E-state index contributed by atoms with van der Waals surface area (Å²) in [6.07, 6.45) is -1.42. The monoisotopic (exact) mass is 429 g/mol. The van der Waals surface area contributed by atoms with E-state index in [1.807, 2.05) is 105 Å². The summed E-state index contributed by atoms with van der Waals surface area (Å²) in [5.41, 5.74) is 1.07. The van der Waals surface area contributed by atoms with Crippen molar-refractivity contribution in [1.29, 1.82) is 0 Å². The Kier molecular flexibility index (Phi) is 5.33. The van der Waals surface area contributed by atoms with Gasteiger partial charge in [-0.15, -0.1) is 0 Å². The van der Waals surface area contributed by atoms with Gasteiger partial charge in [-0.2, -0.15) is 0 Å². The average Bonchev–Trinajstić information content (AvgIpc) is 3.45. The molecule has 1 N–H and O–H groups in total. The van der Waals surface area contributed by atoms with E-state index in [1.54, 1.807) is 0 Å². The van der Waals surface area contributed by atoms with Gasteiger partial charge in [-0.1, -0.05) is 91.0 Å². The van der Waals surface area contributed by atoms with Crippen molar-refractivity contribution in [3.8, 4) is 0 Å². The number of hydrogen-bond donors (Lipinski definition) is 1. The number of aliphatic imine (C=N–C) groups is 1. The third kappa shape index (κ3) is 3.73. The van der Waals surface area contributed by atoms with Crippen LogP contribution in [0.3, 0.4) is 0 Å². The van der Waals surface area contributed by atoms with Gasteiger partial charge >= 0.3 is 0 Å². The Morgan fingerprint density at radius 3 is 1.91 bits per heavy atom. The number of aliphatic hydroxyl groups is 1. The largest absolute Gasteiger partial charge is 0.476 e. The Morgan fingerprint density at radius 2 is 1.34 bits per heavy atom. The lowest BCUT2D eigenvalue weighted by Gasteiger charge is -2.36. The van der Waals surface area contributed by atoms with Gasteiger partial charge in [0, 0.05) is 0 Å². The molecule has 5 nitrogen and oxygen atoms in total. The van der Waals surface area contributed by atoms with Crippen molar-refractivity contribution in [3.05, 3.63) is 108 Å². The lowest BCUT2D eigenvalue weighted by atomic mass is 9.79. The van der Waals surface area contributed by atoms with Crippen LogP contribution in [0.2, 0.25) is 0 Å². The summed E-state index contributed by atoms with van der Waals surface area (Å²) in [5, 5.41) is 12.3. The molecule has 0 radical (unpaired) electrons. The molecular formula is C27H27NO4. The van der Waals surface area contributed by atoms with Crippen LogP contribution in [0.5, 0.6) is 0 Å². The van der Waals surface area contributed by atoms with Crippen molar-refractivity contribution in [1.82, 2.24) is 0 Å². The van der Waals surface area contributed by atoms with Gasteiger partial charge in [0.25, 0.3) is 0 Å². The minimum absolute atomic E-state index is 0.110. The Balaban J connectivity index is 1.58. The minimum atomic E-state index is -1.46. The highest BCUT2D eigenvalue weighted by Crippen LogP contribution is 2.44. The Hall–Kier alpha value is -2.99. The minimum Gasteiger partial charge on any atom is -0.476 e. The molecule has 3 aromatic rings. The fourth-order valence-electron chi connectivity index (χ4n) is 4.52. The predicted octanol–water partition coefficient (Wildman–Crippen LogP) is 4.61. The predicted molar refractivity (Wildman–Crippen MR) is 122 cm³/mol. The molecular weight excluding hydrogens is 402 g/mol. The quantitative estimate of drug-likeness (QED) is 0.643. The van der Waals surface area contributed by atoms with E-state index in [4.69, 9.17) is 19.2 Å². The van der Waals surface area contributed by atoms with Gasteiger partial charge in [-0.25, -0.2) is 4.99 Å². The maximum Gasteiger partial charge on any atom is 0.217 e. The van der Waals surface area contributed by atoms with Gasteiger partial charge in [0.1, 0.15) is 24.4 Å². The van der Waals surface area contributed by atoms with E-state index in [0.29, 0.717) is 12.5 Å². The van der Waals surface area contributed by atoms with Crippen LogP contribution in [0.25, 0.3) is 0 Å². The van der Waals surface area contributed by atoms with E-state index in [9.17, 15) is 5.11 Å². The van der Waals surface area contributed by atoms with Crippen LogP contribution in [0.1, 0.15) is 36.6 Å². The maximum atomic E-state index is 12.3. The molecule has 3 aromatic carbocycles. The first kappa shape index (κ1) is 20.9. The lowest BCUT2D eigenvalue weighted by Crippen LogP contribution is -2.49. The highest BCUT2D eigenvalue weighted by molar-refractivity contribution is 5.84. The summed E-state index contributed by atoms with van der Waals surface area (Å²) in [5.74, 6) is -0.455. The second-order valence-corrected chi connectivity index (χ2v) is 8.68. The van der Waals surface area contributed by atoms with Crippen LogP contribution in [0, 0.1) is 0 Å². The Morgan fingerprint density at radius 1 is 0.812 bits per heavy atom. The van der Waals surface area contributed by atoms with Crippen LogP contribution in [-0.2, 0) is 19.8 Å². The third-order valence-corrected chi connectivity index (χ3v) is 6.04. The fraction of sp³-hybridized carbons (Fsp3) is 0.296. The molecule has 3 atom stereocenters. The number of rotatable bonds is 5. The smallest absolute Gasteiger partial charge is 0.217 e. The topological polar surface area (TPSA) is 60.3 Å². The zero-order valence-electron chi connectivity index (χ0n) is 18.2. The molecule has 0 bridgehead atoms. The number of benzene rings is 3. The van der Waals surface area contributed by atoms with Crippen molar-refractivity contribution in [3.63, 3.8) is 0 Å². The fourth-order valence-corrected chi connectivity index (χ4v) is 4.52. The first-order valence-corrected chi connectivity index (χ1v) is 10.9. The number of nitrogens with zero attached hydrogens (tertiary/aromatic N) is 1. The van der Waals surface area contributed by atoms with Crippen molar-refractivity contribution < 1.29 is 19.3 Å². The van der Waals surface area contributed by atoms with Gasteiger partial charge < -0.3 is 19.3 Å². The first-order chi connectivity index (χ1) is 15.5. The summed E-state index contributed by atoms with van der Waals surface area (Å²) in [4.78, 5) is 4.84. The normalized spacial score (nSPS) is 24.7. The van der Waals surface area contributed by atoms with Gasteiger partial charge in [0.05, 0.1) is 0 Å². The highest BCUT2D eigenvalue weighted by atomic mass is 16.8. The molecule has 0 unspecified atom stereocenters. The van der Waals surface area contributed by atoms with Gasteiger partial charge in [0.15, 0.2) is 11.9 Å². The molecule has 0 aliphatic carbocycles. The van der Waals surface area contributed by atoms with E-state index >= 15 is 0 Å². The second-order valence-electron chi connectivity index (χ2n) is 8.68. The summed E-state index contributed by atoms with van der Waals surface area (Å²) < 4.78 is 18.7. The molecule has 0 saturated carbocycles. The molecule has 0 amide bonds. The summed E-state index contributed by atoms with van der Waals surface area (Å²) in [6.45, 7) is 4.13. The summed E-state index contributed by atoms with van der Waals surface area (Å²) in [6, 6.07) is 29.1. The van der Waals surface area contributed by atoms with Crippen LogP contribution in [0.15, 0.2) is 96.0 Å². The van der Waals surface area contributed by atoms with Crippen molar-refractivity contribution in [2.75, 3.05) is 6.61 Å². The molecule has 1 fully saturated rings. The van der Waals surface area contributed by atoms with Gasteiger partial charge in [0.2, 0.25) is 5.90 Å². The SMILES string of the molecule is CC1(C)O[C@@H](C(O)(c2ccccc2)c2ccccc2)[C@H](C2=N[C@@H](c3ccccc3)CO2)O1. The molecule has 2 aliphatic rings. The molecule has 32 heavy (non-hydrogen) atoms. The average molecular weight is 430 g/mol. The maximum absolute atomic E-state index is 12.3. The third-order valence-electron chi connectivity index (χ3n) is 6.04. The first-order valence-electron chi connectivity index (χ1n) is 10.9. The second kappa shape index (κ2) is 8.17. The van der Waals surface area contributed by atoms with Gasteiger partial charge in [-0.3, -0.25) is 0 Å². The van der Waals surface area contributed by atoms with E-state index in [1.165, 1.54) is 0 Å². The van der Waals surface area contributed by atoms with Crippen molar-refractivity contribution >= 4 is 5.90 Å². The summed E-state index contributed by atoms with van der Waals surface area (Å²) >= 11 is 0. The number of ether oxygens (including phenoxy) is 3. The van der Waals surface area contributed by atoms with Crippen molar-refractivity contribution in [2.45, 2.75) is 43.5 Å². The van der Waals surface area contributed by atoms with Crippen LogP contribution < -0.4 is 0 Å². The molecule has 2 heterocycles. The molecule has 1 saturated heterocycles. The van der Waals surface area contributed by atoms with Crippen LogP contribution in [0.4, 0.5) is 0 Å². The van der Waals surface area contributed by atoms with E-state index in [-0.39, 0.29) is 6.04 Å². The zero-order valence-corrected chi connectivity index (χ0v) is 18.2. The standard InChI is InChI=1S/C27H27NO4/c1-26(2)31-23(25-28-22(18-30-25)19-12-6-3-7-13-19)24(32-26)27(29,20-14-8-4-9-15-20)21-16-10-5-11-17-21/h3-17,22-24,29H,18H2,1-2H3/t22-,23-,24-/m1/s1. The van der Waals surface area contributed by atoms with E-state index < -0.39 is 23.6 Å². The highest BCUT2D eigenvalue weighted by Gasteiger charge is 2.56. The summed E-state index contributed by atoms with van der Waals surface area (Å²) in [7, 11) is 0. The van der Waals surface area contributed by atoms with E-state index in [2.05, 4.69) is 0 Å². The number of hydrogen-bond acceptors (Lipinski definition) is 5. The van der Waals surface area contributed by atoms with Crippen LogP contribution >= 0.6 is 0 Å². The molecule has 164 valence electrons. The Bertz CT molecular complexity index is 1040. The lowest BCUT2D eigenvalue weighted by molar-refractivity contribution is -0.165. The molecule has 2 aliphatic heterocycles. The van der Waals surface area contributed by atoms with Crippen molar-refractivity contribution in [2.24, 2.45) is 4.99 Å². The van der Waals surface area contributed by atoms with Gasteiger partial charge in [-0.05, 0) is 30.5 Å².